The number of ether oxygens (including phenoxy) is 1. The summed E-state index contributed by atoms with van der Waals surface area (Å²) in [6, 6.07) is 0. The first-order chi connectivity index (χ1) is 16.8. The molecule has 0 fully saturated rings. The predicted molar refractivity (Wildman–Crippen MR) is 140 cm³/mol. The number of amides is 2. The molecule has 0 heterocycles. The quantitative estimate of drug-likeness (QED) is 0.108. The van der Waals surface area contributed by atoms with Crippen molar-refractivity contribution in [2.24, 2.45) is 28.0 Å². The van der Waals surface area contributed by atoms with Gasteiger partial charge < -0.3 is 26.2 Å². The van der Waals surface area contributed by atoms with Gasteiger partial charge in [0.2, 0.25) is 11.8 Å². The third kappa shape index (κ3) is 14.7. The lowest BCUT2D eigenvalue weighted by atomic mass is 9.93. The van der Waals surface area contributed by atoms with Gasteiger partial charge >= 0.3 is 11.9 Å². The molecular weight excluding hydrogens is 464 g/mol. The van der Waals surface area contributed by atoms with Crippen LogP contribution in [0.5, 0.6) is 0 Å². The monoisotopic (exact) mass is 506 g/mol. The Hall–Kier alpha value is -3.43. The number of nitrogens with zero attached hydrogens (tertiary/aromatic N) is 1. The van der Waals surface area contributed by atoms with E-state index in [1.54, 1.807) is 33.2 Å². The number of aliphatic imine (C=N–C) groups is 1. The highest BCUT2D eigenvalue weighted by molar-refractivity contribution is 5.91. The molecule has 2 atom stereocenters. The maximum absolute atomic E-state index is 12.4. The molecule has 0 aromatic carbocycles. The largest absolute Gasteiger partial charge is 0.479 e. The molecule has 0 aliphatic heterocycles. The number of carboxylic acids is 1. The van der Waals surface area contributed by atoms with Gasteiger partial charge in [-0.2, -0.15) is 0 Å². The molecule has 36 heavy (non-hydrogen) atoms. The van der Waals surface area contributed by atoms with Crippen molar-refractivity contribution in [1.82, 2.24) is 10.6 Å². The summed E-state index contributed by atoms with van der Waals surface area (Å²) >= 11 is 0. The van der Waals surface area contributed by atoms with Gasteiger partial charge in [0.25, 0.3) is 0 Å². The van der Waals surface area contributed by atoms with E-state index in [4.69, 9.17) is 10.5 Å². The molecule has 10 heteroatoms. The number of esters is 1. The van der Waals surface area contributed by atoms with Crippen LogP contribution in [0, 0.1) is 17.3 Å². The van der Waals surface area contributed by atoms with E-state index in [1.165, 1.54) is 12.3 Å². The first-order valence-corrected chi connectivity index (χ1v) is 12.0. The average molecular weight is 507 g/mol. The van der Waals surface area contributed by atoms with Crippen molar-refractivity contribution in [1.29, 1.82) is 0 Å². The van der Waals surface area contributed by atoms with Gasteiger partial charge in [0.05, 0.1) is 12.0 Å². The number of nitrogens with one attached hydrogen (secondary N) is 2. The lowest BCUT2D eigenvalue weighted by Crippen LogP contribution is -2.45. The first-order valence-electron chi connectivity index (χ1n) is 12.0. The fourth-order valence-electron chi connectivity index (χ4n) is 2.81. The normalized spacial score (nSPS) is 14.4. The fourth-order valence-corrected chi connectivity index (χ4v) is 2.81. The van der Waals surface area contributed by atoms with Crippen LogP contribution in [0.1, 0.15) is 53.9 Å². The Morgan fingerprint density at radius 1 is 1.11 bits per heavy atom. The van der Waals surface area contributed by atoms with Crippen molar-refractivity contribution in [3.63, 3.8) is 0 Å². The number of hydrogen-bond donors (Lipinski definition) is 4. The maximum atomic E-state index is 12.4. The molecule has 2 amide bonds. The Morgan fingerprint density at radius 3 is 2.33 bits per heavy atom. The van der Waals surface area contributed by atoms with E-state index in [0.29, 0.717) is 6.42 Å². The van der Waals surface area contributed by atoms with Gasteiger partial charge in [0.15, 0.2) is 6.10 Å². The summed E-state index contributed by atoms with van der Waals surface area (Å²) in [6.45, 7) is 8.48. The van der Waals surface area contributed by atoms with E-state index < -0.39 is 35.3 Å². The van der Waals surface area contributed by atoms with E-state index >= 15 is 0 Å². The number of aliphatic carboxylic acids is 1. The second-order valence-corrected chi connectivity index (χ2v) is 9.61. The van der Waals surface area contributed by atoms with Gasteiger partial charge in [-0.3, -0.25) is 19.4 Å². The molecule has 2 unspecified atom stereocenters. The Labute approximate surface area is 214 Å². The molecule has 0 aliphatic rings. The third-order valence-corrected chi connectivity index (χ3v) is 5.06. The van der Waals surface area contributed by atoms with Crippen molar-refractivity contribution in [2.45, 2.75) is 60.0 Å². The van der Waals surface area contributed by atoms with Crippen LogP contribution in [0.4, 0.5) is 0 Å². The van der Waals surface area contributed by atoms with Crippen molar-refractivity contribution in [3.8, 4) is 0 Å². The zero-order valence-electron chi connectivity index (χ0n) is 22.2. The fraction of sp³-hybridized carbons (Fsp3) is 0.577. The summed E-state index contributed by atoms with van der Waals surface area (Å²) in [4.78, 5) is 51.7. The van der Waals surface area contributed by atoms with Gasteiger partial charge in [0.1, 0.15) is 0 Å². The molecule has 10 nitrogen and oxygen atoms in total. The highest BCUT2D eigenvalue weighted by Crippen LogP contribution is 2.19. The number of nitrogens with two attached hydrogens (primary N) is 1. The van der Waals surface area contributed by atoms with E-state index in [-0.39, 0.29) is 31.3 Å². The zero-order valence-corrected chi connectivity index (χ0v) is 22.2. The predicted octanol–water partition coefficient (Wildman–Crippen LogP) is 2.36. The van der Waals surface area contributed by atoms with Gasteiger partial charge in [0, 0.05) is 31.6 Å². The van der Waals surface area contributed by atoms with Crippen LogP contribution in [0.3, 0.4) is 0 Å². The van der Waals surface area contributed by atoms with Crippen LogP contribution in [0.25, 0.3) is 0 Å². The maximum Gasteiger partial charge on any atom is 0.345 e. The minimum absolute atomic E-state index is 0.0348. The first kappa shape index (κ1) is 32.6. The summed E-state index contributed by atoms with van der Waals surface area (Å²) < 4.78 is 5.15. The molecule has 0 saturated carbocycles. The number of hydrogen-bond acceptors (Lipinski definition) is 7. The van der Waals surface area contributed by atoms with Gasteiger partial charge in [-0.1, -0.05) is 39.0 Å². The molecule has 0 aliphatic carbocycles. The summed E-state index contributed by atoms with van der Waals surface area (Å²) in [5, 5.41) is 14.3. The van der Waals surface area contributed by atoms with E-state index in [2.05, 4.69) is 22.5 Å². The van der Waals surface area contributed by atoms with Crippen molar-refractivity contribution >= 4 is 30.0 Å². The Kier molecular flexibility index (Phi) is 15.4. The second kappa shape index (κ2) is 17.1. The lowest BCUT2D eigenvalue weighted by molar-refractivity contribution is -0.171. The molecule has 0 radical (unpaired) electrons. The highest BCUT2D eigenvalue weighted by Gasteiger charge is 2.34. The van der Waals surface area contributed by atoms with Crippen LogP contribution in [0.2, 0.25) is 0 Å². The van der Waals surface area contributed by atoms with E-state index in [9.17, 15) is 24.3 Å². The van der Waals surface area contributed by atoms with Crippen molar-refractivity contribution in [2.75, 3.05) is 20.1 Å². The topological polar surface area (TPSA) is 160 Å². The van der Waals surface area contributed by atoms with Gasteiger partial charge in [-0.25, -0.2) is 4.79 Å². The molecule has 5 N–H and O–H groups in total. The smallest absolute Gasteiger partial charge is 0.345 e. The number of rotatable bonds is 16. The molecule has 0 bridgehead atoms. The van der Waals surface area contributed by atoms with Crippen LogP contribution >= 0.6 is 0 Å². The highest BCUT2D eigenvalue weighted by atomic mass is 16.6. The van der Waals surface area contributed by atoms with E-state index in [0.717, 1.165) is 12.0 Å². The number of allylic oxidation sites excluding steroid dienone is 4. The molecule has 0 aromatic heterocycles. The summed E-state index contributed by atoms with van der Waals surface area (Å²) in [7, 11) is 1.67. The summed E-state index contributed by atoms with van der Waals surface area (Å²) in [5.74, 6) is -2.51. The molecule has 0 rings (SSSR count). The van der Waals surface area contributed by atoms with Crippen molar-refractivity contribution < 1.29 is 29.0 Å². The SMILES string of the molecule is CN=CC(=C\N)/C=C/C(C)CC/C=C/C(=O)NCC(=O)NCC(C)(C)C(=O)OC(CC(C)C)C(=O)O. The van der Waals surface area contributed by atoms with Crippen LogP contribution in [-0.2, 0) is 23.9 Å². The zero-order chi connectivity index (χ0) is 27.7. The Balaban J connectivity index is 4.43. The Bertz CT molecular complexity index is 858. The third-order valence-electron chi connectivity index (χ3n) is 5.06. The van der Waals surface area contributed by atoms with E-state index in [1.807, 2.05) is 26.0 Å². The standard InChI is InChI=1S/C26H42N4O6/c1-18(2)13-21(24(33)34)36-25(35)26(4,5)17-30-23(32)16-29-22(31)10-8-7-9-19(3)11-12-20(14-27)15-28-6/h8,10-12,14-15,18-19,21H,7,9,13,16-17,27H2,1-6H3,(H,29,31)(H,30,32)(H,33,34)/b10-8+,12-11+,20-14-,28-15?. The number of carbonyl (C=O) groups excluding carboxylic acids is 3. The molecule has 0 aromatic rings. The van der Waals surface area contributed by atoms with Crippen LogP contribution < -0.4 is 16.4 Å². The second-order valence-electron chi connectivity index (χ2n) is 9.61. The number of carboxylic acid groups (broad SMARTS) is 1. The minimum Gasteiger partial charge on any atom is -0.479 e. The average Bonchev–Trinajstić information content (AvgIpc) is 2.80. The van der Waals surface area contributed by atoms with Crippen molar-refractivity contribution in [3.05, 3.63) is 36.1 Å². The molecular formula is C26H42N4O6. The minimum atomic E-state index is -1.24. The summed E-state index contributed by atoms with van der Waals surface area (Å²) in [6.07, 6.45) is 10.6. The Morgan fingerprint density at radius 2 is 1.78 bits per heavy atom. The molecule has 0 spiro atoms. The van der Waals surface area contributed by atoms with Crippen LogP contribution in [0.15, 0.2) is 41.1 Å². The lowest BCUT2D eigenvalue weighted by Gasteiger charge is -2.25. The molecule has 202 valence electrons. The van der Waals surface area contributed by atoms with Crippen LogP contribution in [-0.4, -0.2) is 61.3 Å². The molecule has 0 saturated heterocycles. The number of carbonyl (C=O) groups is 4. The summed E-state index contributed by atoms with van der Waals surface area (Å²) in [5.41, 5.74) is 5.19. The van der Waals surface area contributed by atoms with Gasteiger partial charge in [-0.05, 0) is 51.0 Å². The van der Waals surface area contributed by atoms with Gasteiger partial charge in [-0.15, -0.1) is 0 Å².